The number of thioether (sulfide) groups is 1. The van der Waals surface area contributed by atoms with Crippen LogP contribution in [0.2, 0.25) is 0 Å². The number of carbonyl (C=O) groups is 1. The Morgan fingerprint density at radius 3 is 3.11 bits per heavy atom. The number of benzene rings is 1. The van der Waals surface area contributed by atoms with Crippen LogP contribution in [0.3, 0.4) is 0 Å². The van der Waals surface area contributed by atoms with E-state index in [0.29, 0.717) is 17.7 Å². The maximum atomic E-state index is 12.0. The highest BCUT2D eigenvalue weighted by atomic mass is 32.2. The van der Waals surface area contributed by atoms with E-state index in [1.165, 1.54) is 0 Å². The van der Waals surface area contributed by atoms with E-state index in [4.69, 9.17) is 10.00 Å². The number of nitrogens with one attached hydrogen (secondary N) is 1. The highest BCUT2D eigenvalue weighted by Crippen LogP contribution is 2.30. The number of methoxy groups -OCH3 is 1. The lowest BCUT2D eigenvalue weighted by atomic mass is 10.0. The summed E-state index contributed by atoms with van der Waals surface area (Å²) in [5.41, 5.74) is 0.758. The SMILES string of the molecule is CO[C@@]1(CNC(=O)c2cccc(C#N)c2)CCSC1. The molecule has 100 valence electrons. The number of nitrogens with zero attached hydrogens (tertiary/aromatic N) is 1. The van der Waals surface area contributed by atoms with Gasteiger partial charge in [0.25, 0.3) is 5.91 Å². The predicted molar refractivity (Wildman–Crippen MR) is 75.2 cm³/mol. The summed E-state index contributed by atoms with van der Waals surface area (Å²) in [7, 11) is 1.69. The minimum absolute atomic E-state index is 0.162. The van der Waals surface area contributed by atoms with Crippen LogP contribution in [0.1, 0.15) is 22.3 Å². The molecule has 1 heterocycles. The van der Waals surface area contributed by atoms with Gasteiger partial charge in [0.1, 0.15) is 0 Å². The number of amides is 1. The molecule has 0 spiro atoms. The van der Waals surface area contributed by atoms with Gasteiger partial charge >= 0.3 is 0 Å². The molecule has 2 rings (SSSR count). The van der Waals surface area contributed by atoms with Gasteiger partial charge in [-0.25, -0.2) is 0 Å². The smallest absolute Gasteiger partial charge is 0.251 e. The summed E-state index contributed by atoms with van der Waals surface area (Å²) in [6.07, 6.45) is 0.951. The van der Waals surface area contributed by atoms with Crippen LogP contribution in [0.4, 0.5) is 0 Å². The van der Waals surface area contributed by atoms with E-state index in [9.17, 15) is 4.79 Å². The normalized spacial score (nSPS) is 21.9. The lowest BCUT2D eigenvalue weighted by Crippen LogP contribution is -2.44. The summed E-state index contributed by atoms with van der Waals surface area (Å²) < 4.78 is 5.54. The maximum absolute atomic E-state index is 12.0. The first-order valence-corrected chi connectivity index (χ1v) is 7.26. The Morgan fingerprint density at radius 1 is 1.63 bits per heavy atom. The summed E-state index contributed by atoms with van der Waals surface area (Å²) in [4.78, 5) is 12.0. The van der Waals surface area contributed by atoms with Gasteiger partial charge in [0.05, 0.1) is 17.2 Å². The van der Waals surface area contributed by atoms with E-state index in [0.717, 1.165) is 17.9 Å². The molecule has 1 aliphatic rings. The Bertz CT molecular complexity index is 504. The first-order chi connectivity index (χ1) is 9.19. The van der Waals surface area contributed by atoms with Crippen molar-refractivity contribution in [2.45, 2.75) is 12.0 Å². The Hall–Kier alpha value is -1.51. The monoisotopic (exact) mass is 276 g/mol. The van der Waals surface area contributed by atoms with E-state index in [1.54, 1.807) is 31.4 Å². The molecule has 1 aromatic carbocycles. The summed E-state index contributed by atoms with van der Waals surface area (Å²) in [6, 6.07) is 8.73. The second kappa shape index (κ2) is 6.09. The number of hydrogen-bond donors (Lipinski definition) is 1. The van der Waals surface area contributed by atoms with Crippen molar-refractivity contribution in [3.8, 4) is 6.07 Å². The van der Waals surface area contributed by atoms with Crippen molar-refractivity contribution in [3.63, 3.8) is 0 Å². The molecule has 0 aliphatic carbocycles. The highest BCUT2D eigenvalue weighted by Gasteiger charge is 2.34. The van der Waals surface area contributed by atoms with E-state index in [2.05, 4.69) is 5.32 Å². The van der Waals surface area contributed by atoms with Crippen LogP contribution in [0.15, 0.2) is 24.3 Å². The second-order valence-electron chi connectivity index (χ2n) is 4.57. The fourth-order valence-corrected chi connectivity index (χ4v) is 3.43. The quantitative estimate of drug-likeness (QED) is 0.911. The summed E-state index contributed by atoms with van der Waals surface area (Å²) in [5, 5.41) is 11.7. The van der Waals surface area contributed by atoms with Gasteiger partial charge in [-0.3, -0.25) is 4.79 Å². The van der Waals surface area contributed by atoms with Crippen LogP contribution >= 0.6 is 11.8 Å². The van der Waals surface area contributed by atoms with Gasteiger partial charge < -0.3 is 10.1 Å². The molecule has 0 unspecified atom stereocenters. The number of ether oxygens (including phenoxy) is 1. The van der Waals surface area contributed by atoms with Gasteiger partial charge in [-0.2, -0.15) is 17.0 Å². The van der Waals surface area contributed by atoms with Crippen LogP contribution in [0.5, 0.6) is 0 Å². The van der Waals surface area contributed by atoms with E-state index in [1.807, 2.05) is 17.8 Å². The summed E-state index contributed by atoms with van der Waals surface area (Å²) >= 11 is 1.84. The van der Waals surface area contributed by atoms with Crippen molar-refractivity contribution in [2.24, 2.45) is 0 Å². The molecule has 1 fully saturated rings. The second-order valence-corrected chi connectivity index (χ2v) is 5.67. The minimum Gasteiger partial charge on any atom is -0.376 e. The molecular formula is C14H16N2O2S. The molecule has 1 atom stereocenters. The molecule has 0 saturated carbocycles. The van der Waals surface area contributed by atoms with Crippen molar-refractivity contribution in [2.75, 3.05) is 25.2 Å². The van der Waals surface area contributed by atoms with Gasteiger partial charge in [-0.1, -0.05) is 6.07 Å². The molecule has 1 amide bonds. The Morgan fingerprint density at radius 2 is 2.47 bits per heavy atom. The van der Waals surface area contributed by atoms with E-state index in [-0.39, 0.29) is 11.5 Å². The molecule has 4 nitrogen and oxygen atoms in total. The van der Waals surface area contributed by atoms with Gasteiger partial charge in [-0.05, 0) is 30.4 Å². The number of nitriles is 1. The molecule has 1 saturated heterocycles. The fraction of sp³-hybridized carbons (Fsp3) is 0.429. The maximum Gasteiger partial charge on any atom is 0.251 e. The zero-order valence-corrected chi connectivity index (χ0v) is 11.6. The zero-order chi connectivity index (χ0) is 13.7. The average molecular weight is 276 g/mol. The molecule has 1 aliphatic heterocycles. The molecule has 0 bridgehead atoms. The van der Waals surface area contributed by atoms with Crippen LogP contribution in [-0.4, -0.2) is 36.7 Å². The van der Waals surface area contributed by atoms with Crippen LogP contribution in [-0.2, 0) is 4.74 Å². The molecule has 5 heteroatoms. The Balaban J connectivity index is 1.99. The van der Waals surface area contributed by atoms with Gasteiger partial charge in [0.2, 0.25) is 0 Å². The van der Waals surface area contributed by atoms with E-state index >= 15 is 0 Å². The van der Waals surface area contributed by atoms with Crippen LogP contribution in [0.25, 0.3) is 0 Å². The number of rotatable bonds is 4. The first-order valence-electron chi connectivity index (χ1n) is 6.10. The largest absolute Gasteiger partial charge is 0.376 e. The van der Waals surface area contributed by atoms with Gasteiger partial charge in [-0.15, -0.1) is 0 Å². The summed E-state index contributed by atoms with van der Waals surface area (Å²) in [6.45, 7) is 0.506. The molecule has 0 aromatic heterocycles. The van der Waals surface area contributed by atoms with Crippen molar-refractivity contribution in [1.82, 2.24) is 5.32 Å². The van der Waals surface area contributed by atoms with E-state index < -0.39 is 0 Å². The minimum atomic E-state index is -0.243. The predicted octanol–water partition coefficient (Wildman–Crippen LogP) is 1.81. The third kappa shape index (κ3) is 3.28. The Labute approximate surface area is 117 Å². The number of hydrogen-bond acceptors (Lipinski definition) is 4. The molecular weight excluding hydrogens is 260 g/mol. The van der Waals surface area contributed by atoms with Crippen LogP contribution in [0, 0.1) is 11.3 Å². The van der Waals surface area contributed by atoms with Gasteiger partial charge in [0, 0.05) is 25.0 Å². The third-order valence-corrected chi connectivity index (χ3v) is 4.55. The highest BCUT2D eigenvalue weighted by molar-refractivity contribution is 7.99. The average Bonchev–Trinajstić information content (AvgIpc) is 2.94. The third-order valence-electron chi connectivity index (χ3n) is 3.33. The van der Waals surface area contributed by atoms with Crippen molar-refractivity contribution < 1.29 is 9.53 Å². The lowest BCUT2D eigenvalue weighted by molar-refractivity contribution is 0.0137. The topological polar surface area (TPSA) is 62.1 Å². The first kappa shape index (κ1) is 13.9. The van der Waals surface area contributed by atoms with Crippen molar-refractivity contribution in [3.05, 3.63) is 35.4 Å². The van der Waals surface area contributed by atoms with Crippen molar-refractivity contribution >= 4 is 17.7 Å². The molecule has 0 radical (unpaired) electrons. The van der Waals surface area contributed by atoms with Gasteiger partial charge in [0.15, 0.2) is 0 Å². The standard InChI is InChI=1S/C14H16N2O2S/c1-18-14(5-6-19-10-14)9-16-13(17)12-4-2-3-11(7-12)8-15/h2-4,7H,5-6,9-10H2,1H3,(H,16,17)/t14-/m1/s1. The Kier molecular flexibility index (Phi) is 4.46. The lowest BCUT2D eigenvalue weighted by Gasteiger charge is -2.26. The molecule has 1 N–H and O–H groups in total. The molecule has 1 aromatic rings. The van der Waals surface area contributed by atoms with Crippen molar-refractivity contribution in [1.29, 1.82) is 5.26 Å². The summed E-state index contributed by atoms with van der Waals surface area (Å²) in [5.74, 6) is 1.81. The molecule has 19 heavy (non-hydrogen) atoms. The fourth-order valence-electron chi connectivity index (χ4n) is 2.03. The van der Waals surface area contributed by atoms with Crippen LogP contribution < -0.4 is 5.32 Å². The zero-order valence-electron chi connectivity index (χ0n) is 10.8. The number of carbonyl (C=O) groups excluding carboxylic acids is 1.